The summed E-state index contributed by atoms with van der Waals surface area (Å²) in [6.07, 6.45) is 9.14. The van der Waals surface area contributed by atoms with Crippen molar-refractivity contribution >= 4 is 0 Å². The highest BCUT2D eigenvalue weighted by Crippen LogP contribution is 2.67. The van der Waals surface area contributed by atoms with Gasteiger partial charge >= 0.3 is 0 Å². The van der Waals surface area contributed by atoms with Gasteiger partial charge in [0.2, 0.25) is 0 Å². The predicted molar refractivity (Wildman–Crippen MR) is 45.2 cm³/mol. The van der Waals surface area contributed by atoms with Gasteiger partial charge in [0.05, 0.1) is 6.10 Å². The molecule has 0 heterocycles. The maximum absolute atomic E-state index is 9.88. The van der Waals surface area contributed by atoms with E-state index < -0.39 is 0 Å². The Morgan fingerprint density at radius 1 is 0.667 bits per heavy atom. The summed E-state index contributed by atoms with van der Waals surface area (Å²) in [5.41, 5.74) is 0. The van der Waals surface area contributed by atoms with Crippen LogP contribution in [0.5, 0.6) is 0 Å². The van der Waals surface area contributed by atoms with E-state index in [4.69, 9.17) is 0 Å². The third kappa shape index (κ3) is 0.392. The molecule has 1 nitrogen and oxygen atoms in total. The van der Waals surface area contributed by atoms with E-state index in [0.717, 1.165) is 23.7 Å². The lowest BCUT2D eigenvalue weighted by Crippen LogP contribution is -2.50. The lowest BCUT2D eigenvalue weighted by Gasteiger charge is -2.55. The molecule has 2 bridgehead atoms. The summed E-state index contributed by atoms with van der Waals surface area (Å²) in [6, 6.07) is 0. The zero-order valence-electron chi connectivity index (χ0n) is 6.80. The van der Waals surface area contributed by atoms with Crippen LogP contribution in [0.2, 0.25) is 0 Å². The molecule has 1 heteroatoms. The monoisotopic (exact) mass is 160 g/mol. The van der Waals surface area contributed by atoms with Crippen molar-refractivity contribution in [2.75, 3.05) is 0 Å². The van der Waals surface area contributed by atoms with Crippen molar-refractivity contribution in [2.24, 2.45) is 35.5 Å². The Bertz CT molecular complexity index is 276. The highest BCUT2D eigenvalue weighted by atomic mass is 16.3. The van der Waals surface area contributed by atoms with Crippen molar-refractivity contribution in [2.45, 2.75) is 6.10 Å². The molecule has 0 saturated heterocycles. The van der Waals surface area contributed by atoms with E-state index in [1.807, 2.05) is 0 Å². The molecule has 0 radical (unpaired) electrons. The number of fused-ring (bicyclic) bond motifs is 8. The average Bonchev–Trinajstić information content (AvgIpc) is 2.45. The van der Waals surface area contributed by atoms with Gasteiger partial charge in [-0.2, -0.15) is 0 Å². The Morgan fingerprint density at radius 2 is 1.08 bits per heavy atom. The summed E-state index contributed by atoms with van der Waals surface area (Å²) in [7, 11) is 0. The number of aliphatic hydroxyl groups is 1. The van der Waals surface area contributed by atoms with Crippen molar-refractivity contribution in [3.8, 4) is 0 Å². The fraction of sp³-hybridized carbons (Fsp3) is 0.636. The number of rotatable bonds is 0. The van der Waals surface area contributed by atoms with Crippen molar-refractivity contribution < 1.29 is 5.11 Å². The molecule has 6 atom stereocenters. The first-order valence-electron chi connectivity index (χ1n) is 4.92. The van der Waals surface area contributed by atoms with Gasteiger partial charge in [-0.25, -0.2) is 0 Å². The van der Waals surface area contributed by atoms with E-state index in [1.54, 1.807) is 0 Å². The van der Waals surface area contributed by atoms with Crippen LogP contribution in [0.25, 0.3) is 0 Å². The van der Waals surface area contributed by atoms with Gasteiger partial charge in [0.1, 0.15) is 0 Å². The summed E-state index contributed by atoms with van der Waals surface area (Å²) >= 11 is 0. The van der Waals surface area contributed by atoms with E-state index in [1.165, 1.54) is 0 Å². The molecule has 2 fully saturated rings. The molecule has 0 spiro atoms. The van der Waals surface area contributed by atoms with Crippen LogP contribution in [-0.4, -0.2) is 11.2 Å². The van der Waals surface area contributed by atoms with Crippen molar-refractivity contribution in [3.63, 3.8) is 0 Å². The average molecular weight is 160 g/mol. The zero-order chi connectivity index (χ0) is 7.87. The molecule has 62 valence electrons. The van der Waals surface area contributed by atoms with Crippen molar-refractivity contribution in [1.29, 1.82) is 0 Å². The van der Waals surface area contributed by atoms with Crippen LogP contribution in [0, 0.1) is 35.5 Å². The topological polar surface area (TPSA) is 20.2 Å². The van der Waals surface area contributed by atoms with E-state index >= 15 is 0 Å². The highest BCUT2D eigenvalue weighted by Gasteiger charge is 2.65. The number of allylic oxidation sites excluding steroid dienone is 2. The van der Waals surface area contributed by atoms with Gasteiger partial charge in [-0.3, -0.25) is 0 Å². The molecule has 12 heavy (non-hydrogen) atoms. The Balaban J connectivity index is 1.82. The molecule has 0 aromatic heterocycles. The van der Waals surface area contributed by atoms with Crippen LogP contribution >= 0.6 is 0 Å². The summed E-state index contributed by atoms with van der Waals surface area (Å²) < 4.78 is 0. The van der Waals surface area contributed by atoms with Crippen LogP contribution in [-0.2, 0) is 0 Å². The fourth-order valence-corrected chi connectivity index (χ4v) is 3.98. The van der Waals surface area contributed by atoms with Crippen LogP contribution in [0.1, 0.15) is 0 Å². The number of hydrogen-bond donors (Lipinski definition) is 1. The second-order valence-electron chi connectivity index (χ2n) is 4.72. The second-order valence-corrected chi connectivity index (χ2v) is 4.72. The van der Waals surface area contributed by atoms with Gasteiger partial charge in [-0.1, -0.05) is 24.3 Å². The van der Waals surface area contributed by atoms with Crippen LogP contribution < -0.4 is 0 Å². The second kappa shape index (κ2) is 1.56. The molecule has 4 aliphatic carbocycles. The molecule has 2 saturated carbocycles. The summed E-state index contributed by atoms with van der Waals surface area (Å²) in [4.78, 5) is 0. The number of hydrogen-bond acceptors (Lipinski definition) is 1. The quantitative estimate of drug-likeness (QED) is 0.528. The summed E-state index contributed by atoms with van der Waals surface area (Å²) in [6.45, 7) is 0. The van der Waals surface area contributed by atoms with E-state index in [2.05, 4.69) is 24.3 Å². The minimum Gasteiger partial charge on any atom is -0.392 e. The molecule has 0 amide bonds. The fourth-order valence-electron chi connectivity index (χ4n) is 3.98. The summed E-state index contributed by atoms with van der Waals surface area (Å²) in [5.74, 6) is 4.31. The lowest BCUT2D eigenvalue weighted by atomic mass is 9.48. The van der Waals surface area contributed by atoms with Gasteiger partial charge in [-0.15, -0.1) is 0 Å². The SMILES string of the molecule is OC1C2C=CC1C1C3C=CC3C21. The minimum atomic E-state index is -0.0348. The Labute approximate surface area is 71.8 Å². The molecule has 4 rings (SSSR count). The van der Waals surface area contributed by atoms with Gasteiger partial charge < -0.3 is 5.11 Å². The lowest BCUT2D eigenvalue weighted by molar-refractivity contribution is 0.0116. The first-order chi connectivity index (χ1) is 5.88. The minimum absolute atomic E-state index is 0.0348. The third-order valence-corrected chi connectivity index (χ3v) is 4.57. The third-order valence-electron chi connectivity index (χ3n) is 4.57. The molecule has 0 aromatic carbocycles. The van der Waals surface area contributed by atoms with Gasteiger partial charge in [-0.05, 0) is 23.7 Å². The van der Waals surface area contributed by atoms with Gasteiger partial charge in [0.25, 0.3) is 0 Å². The van der Waals surface area contributed by atoms with E-state index in [0.29, 0.717) is 11.8 Å². The highest BCUT2D eigenvalue weighted by molar-refractivity contribution is 5.33. The zero-order valence-corrected chi connectivity index (χ0v) is 6.80. The molecule has 1 N–H and O–H groups in total. The smallest absolute Gasteiger partial charge is 0.0671 e. The Morgan fingerprint density at radius 3 is 1.50 bits per heavy atom. The van der Waals surface area contributed by atoms with Crippen LogP contribution in [0.3, 0.4) is 0 Å². The normalized spacial score (nSPS) is 68.6. The van der Waals surface area contributed by atoms with Gasteiger partial charge in [0.15, 0.2) is 0 Å². The molecule has 0 aliphatic heterocycles. The van der Waals surface area contributed by atoms with Crippen LogP contribution in [0.4, 0.5) is 0 Å². The standard InChI is InChI=1S/C11H12O/c12-11-7-3-4-8(11)10-6-2-1-5(6)9(7)10/h1-12H. The van der Waals surface area contributed by atoms with Crippen molar-refractivity contribution in [1.82, 2.24) is 0 Å². The molecule has 0 aromatic rings. The van der Waals surface area contributed by atoms with E-state index in [-0.39, 0.29) is 6.10 Å². The maximum atomic E-state index is 9.88. The van der Waals surface area contributed by atoms with Crippen LogP contribution in [0.15, 0.2) is 24.3 Å². The largest absolute Gasteiger partial charge is 0.392 e. The molecule has 4 aliphatic rings. The molecule has 6 unspecified atom stereocenters. The molecular weight excluding hydrogens is 148 g/mol. The summed E-state index contributed by atoms with van der Waals surface area (Å²) in [5, 5.41) is 9.88. The Hall–Kier alpha value is -0.560. The first-order valence-corrected chi connectivity index (χ1v) is 4.92. The molecular formula is C11H12O. The Kier molecular flexibility index (Phi) is 0.776. The van der Waals surface area contributed by atoms with E-state index in [9.17, 15) is 5.11 Å². The number of aliphatic hydroxyl groups excluding tert-OH is 1. The maximum Gasteiger partial charge on any atom is 0.0671 e. The van der Waals surface area contributed by atoms with Crippen molar-refractivity contribution in [3.05, 3.63) is 24.3 Å². The van der Waals surface area contributed by atoms with Gasteiger partial charge in [0, 0.05) is 11.8 Å². The first kappa shape index (κ1) is 5.98. The predicted octanol–water partition coefficient (Wildman–Crippen LogP) is 1.21.